The van der Waals surface area contributed by atoms with Crippen LogP contribution in [0.25, 0.3) is 0 Å². The third-order valence-corrected chi connectivity index (χ3v) is 3.62. The van der Waals surface area contributed by atoms with Crippen LogP contribution in [0.4, 0.5) is 4.39 Å². The van der Waals surface area contributed by atoms with Crippen LogP contribution in [-0.2, 0) is 27.3 Å². The van der Waals surface area contributed by atoms with E-state index in [0.717, 1.165) is 11.1 Å². The Labute approximate surface area is 146 Å². The van der Waals surface area contributed by atoms with E-state index < -0.39 is 0 Å². The van der Waals surface area contributed by atoms with Gasteiger partial charge in [-0.05, 0) is 35.4 Å². The first-order valence-electron chi connectivity index (χ1n) is 7.75. The standard InChI is InChI=1S/C19H20FNO4/c1-21(12-15-3-7-16(20)8-4-15)18(22)13-25-17-9-5-14(6-10-17)11-19(23)24-2/h3-10H,11-13H2,1-2H3. The second-order valence-electron chi connectivity index (χ2n) is 5.56. The molecule has 0 aromatic heterocycles. The van der Waals surface area contributed by atoms with Crippen LogP contribution >= 0.6 is 0 Å². The predicted molar refractivity (Wildman–Crippen MR) is 90.5 cm³/mol. The number of esters is 1. The van der Waals surface area contributed by atoms with Gasteiger partial charge >= 0.3 is 5.97 Å². The minimum absolute atomic E-state index is 0.103. The van der Waals surface area contributed by atoms with Crippen molar-refractivity contribution < 1.29 is 23.5 Å². The Hall–Kier alpha value is -2.89. The summed E-state index contributed by atoms with van der Waals surface area (Å²) in [5.74, 6) is -0.275. The Bertz CT molecular complexity index is 713. The molecule has 0 N–H and O–H groups in total. The van der Waals surface area contributed by atoms with Crippen molar-refractivity contribution in [1.29, 1.82) is 0 Å². The summed E-state index contributed by atoms with van der Waals surface area (Å²) in [5.41, 5.74) is 1.64. The summed E-state index contributed by atoms with van der Waals surface area (Å²) in [6.07, 6.45) is 0.191. The molecule has 6 heteroatoms. The fourth-order valence-corrected chi connectivity index (χ4v) is 2.15. The van der Waals surface area contributed by atoms with Crippen LogP contribution < -0.4 is 4.74 Å². The van der Waals surface area contributed by atoms with Gasteiger partial charge in [-0.15, -0.1) is 0 Å². The van der Waals surface area contributed by atoms with Crippen LogP contribution in [-0.4, -0.2) is 37.5 Å². The number of methoxy groups -OCH3 is 1. The topological polar surface area (TPSA) is 55.8 Å². The molecule has 0 saturated heterocycles. The number of nitrogens with zero attached hydrogens (tertiary/aromatic N) is 1. The lowest BCUT2D eigenvalue weighted by Gasteiger charge is -2.17. The van der Waals surface area contributed by atoms with Crippen LogP contribution in [0.1, 0.15) is 11.1 Å². The number of carbonyl (C=O) groups is 2. The molecule has 2 aromatic carbocycles. The molecule has 5 nitrogen and oxygen atoms in total. The highest BCUT2D eigenvalue weighted by Crippen LogP contribution is 2.13. The van der Waals surface area contributed by atoms with Gasteiger partial charge in [0.05, 0.1) is 13.5 Å². The van der Waals surface area contributed by atoms with Crippen LogP contribution in [0, 0.1) is 5.82 Å². The van der Waals surface area contributed by atoms with Crippen LogP contribution in [0.15, 0.2) is 48.5 Å². The zero-order valence-corrected chi connectivity index (χ0v) is 14.2. The van der Waals surface area contributed by atoms with E-state index in [-0.39, 0.29) is 30.7 Å². The average molecular weight is 345 g/mol. The quantitative estimate of drug-likeness (QED) is 0.724. The van der Waals surface area contributed by atoms with Crippen molar-refractivity contribution >= 4 is 11.9 Å². The number of hydrogen-bond donors (Lipinski definition) is 0. The molecule has 2 rings (SSSR count). The molecule has 0 aliphatic carbocycles. The minimum Gasteiger partial charge on any atom is -0.484 e. The van der Waals surface area contributed by atoms with Gasteiger partial charge in [0.25, 0.3) is 5.91 Å². The fourth-order valence-electron chi connectivity index (χ4n) is 2.15. The number of ether oxygens (including phenoxy) is 2. The molecule has 0 unspecified atom stereocenters. The first kappa shape index (κ1) is 18.4. The molecule has 0 aliphatic rings. The summed E-state index contributed by atoms with van der Waals surface area (Å²) in [4.78, 5) is 24.8. The van der Waals surface area contributed by atoms with Crippen molar-refractivity contribution in [3.63, 3.8) is 0 Å². The number of benzene rings is 2. The lowest BCUT2D eigenvalue weighted by Crippen LogP contribution is -2.30. The molecule has 0 bridgehead atoms. The number of amides is 1. The van der Waals surface area contributed by atoms with E-state index in [4.69, 9.17) is 4.74 Å². The van der Waals surface area contributed by atoms with E-state index in [9.17, 15) is 14.0 Å². The van der Waals surface area contributed by atoms with E-state index in [1.54, 1.807) is 43.4 Å². The van der Waals surface area contributed by atoms with Gasteiger partial charge in [-0.3, -0.25) is 9.59 Å². The maximum atomic E-state index is 12.9. The van der Waals surface area contributed by atoms with Crippen molar-refractivity contribution in [2.24, 2.45) is 0 Å². The van der Waals surface area contributed by atoms with Gasteiger partial charge in [0.15, 0.2) is 6.61 Å². The first-order valence-corrected chi connectivity index (χ1v) is 7.75. The molecule has 0 heterocycles. The number of likely N-dealkylation sites (N-methyl/N-ethyl adjacent to an activating group) is 1. The highest BCUT2D eigenvalue weighted by atomic mass is 19.1. The van der Waals surface area contributed by atoms with Gasteiger partial charge < -0.3 is 14.4 Å². The van der Waals surface area contributed by atoms with Crippen molar-refractivity contribution in [3.8, 4) is 5.75 Å². The van der Waals surface area contributed by atoms with E-state index >= 15 is 0 Å². The highest BCUT2D eigenvalue weighted by molar-refractivity contribution is 5.77. The minimum atomic E-state index is -0.314. The summed E-state index contributed by atoms with van der Waals surface area (Å²) >= 11 is 0. The summed E-state index contributed by atoms with van der Waals surface area (Å²) in [6, 6.07) is 12.9. The molecule has 0 aliphatic heterocycles. The largest absolute Gasteiger partial charge is 0.484 e. The van der Waals surface area contributed by atoms with Gasteiger partial charge in [0.2, 0.25) is 0 Å². The number of hydrogen-bond acceptors (Lipinski definition) is 4. The number of halogens is 1. The summed E-state index contributed by atoms with van der Waals surface area (Å²) in [5, 5.41) is 0. The molecular weight excluding hydrogens is 325 g/mol. The highest BCUT2D eigenvalue weighted by Gasteiger charge is 2.11. The van der Waals surface area contributed by atoms with Crippen LogP contribution in [0.5, 0.6) is 5.75 Å². The normalized spacial score (nSPS) is 10.2. The second-order valence-corrected chi connectivity index (χ2v) is 5.56. The van der Waals surface area contributed by atoms with Gasteiger partial charge in [0, 0.05) is 13.6 Å². The maximum Gasteiger partial charge on any atom is 0.309 e. The summed E-state index contributed by atoms with van der Waals surface area (Å²) < 4.78 is 23.0. The molecule has 25 heavy (non-hydrogen) atoms. The Balaban J connectivity index is 1.82. The van der Waals surface area contributed by atoms with E-state index in [1.807, 2.05) is 0 Å². The van der Waals surface area contributed by atoms with Crippen molar-refractivity contribution in [2.45, 2.75) is 13.0 Å². The zero-order valence-electron chi connectivity index (χ0n) is 14.2. The fraction of sp³-hybridized carbons (Fsp3) is 0.263. The molecule has 132 valence electrons. The van der Waals surface area contributed by atoms with Crippen molar-refractivity contribution in [1.82, 2.24) is 4.90 Å². The Morgan fingerprint density at radius 1 is 1.00 bits per heavy atom. The zero-order chi connectivity index (χ0) is 18.2. The Kier molecular flexibility index (Phi) is 6.51. The van der Waals surface area contributed by atoms with Gasteiger partial charge in [0.1, 0.15) is 11.6 Å². The monoisotopic (exact) mass is 345 g/mol. The molecular formula is C19H20FNO4. The lowest BCUT2D eigenvalue weighted by molar-refractivity contribution is -0.139. The van der Waals surface area contributed by atoms with Gasteiger partial charge in [-0.25, -0.2) is 4.39 Å². The van der Waals surface area contributed by atoms with Gasteiger partial charge in [-0.2, -0.15) is 0 Å². The number of carbonyl (C=O) groups excluding carboxylic acids is 2. The second kappa shape index (κ2) is 8.82. The molecule has 0 atom stereocenters. The van der Waals surface area contributed by atoms with Crippen molar-refractivity contribution in [2.75, 3.05) is 20.8 Å². The third kappa shape index (κ3) is 5.91. The lowest BCUT2D eigenvalue weighted by atomic mass is 10.1. The van der Waals surface area contributed by atoms with Crippen LogP contribution in [0.2, 0.25) is 0 Å². The third-order valence-electron chi connectivity index (χ3n) is 3.62. The van der Waals surface area contributed by atoms with E-state index in [1.165, 1.54) is 24.1 Å². The summed E-state index contributed by atoms with van der Waals surface area (Å²) in [6.45, 7) is 0.272. The van der Waals surface area contributed by atoms with Gasteiger partial charge in [-0.1, -0.05) is 24.3 Å². The Morgan fingerprint density at radius 2 is 1.60 bits per heavy atom. The molecule has 0 fully saturated rings. The SMILES string of the molecule is COC(=O)Cc1ccc(OCC(=O)N(C)Cc2ccc(F)cc2)cc1. The molecule has 0 radical (unpaired) electrons. The maximum absolute atomic E-state index is 12.9. The molecule has 2 aromatic rings. The van der Waals surface area contributed by atoms with E-state index in [2.05, 4.69) is 4.74 Å². The van der Waals surface area contributed by atoms with E-state index in [0.29, 0.717) is 12.3 Å². The van der Waals surface area contributed by atoms with Crippen molar-refractivity contribution in [3.05, 3.63) is 65.5 Å². The molecule has 1 amide bonds. The average Bonchev–Trinajstić information content (AvgIpc) is 2.62. The van der Waals surface area contributed by atoms with Crippen LogP contribution in [0.3, 0.4) is 0 Å². The smallest absolute Gasteiger partial charge is 0.309 e. The summed E-state index contributed by atoms with van der Waals surface area (Å²) in [7, 11) is 3.00. The predicted octanol–water partition coefficient (Wildman–Crippen LogP) is 2.58. The first-order chi connectivity index (χ1) is 12.0. The number of rotatable bonds is 7. The molecule has 0 spiro atoms. The Morgan fingerprint density at radius 3 is 2.20 bits per heavy atom. The molecule has 0 saturated carbocycles.